The summed E-state index contributed by atoms with van der Waals surface area (Å²) in [5.74, 6) is 0.618. The molecule has 0 bridgehead atoms. The van der Waals surface area contributed by atoms with Crippen molar-refractivity contribution < 1.29 is 4.79 Å². The Morgan fingerprint density at radius 3 is 2.64 bits per heavy atom. The van der Waals surface area contributed by atoms with Gasteiger partial charge >= 0.3 is 0 Å². The summed E-state index contributed by atoms with van der Waals surface area (Å²) in [5, 5.41) is 3.09. The first kappa shape index (κ1) is 9.97. The van der Waals surface area contributed by atoms with E-state index >= 15 is 0 Å². The van der Waals surface area contributed by atoms with E-state index in [0.717, 1.165) is 19.4 Å². The number of hydrogen-bond donors (Lipinski definition) is 1. The second-order valence-corrected chi connectivity index (χ2v) is 4.69. The lowest BCUT2D eigenvalue weighted by Crippen LogP contribution is -2.41. The lowest BCUT2D eigenvalue weighted by molar-refractivity contribution is -0.123. The fourth-order valence-corrected chi connectivity index (χ4v) is 2.10. The summed E-state index contributed by atoms with van der Waals surface area (Å²) in [7, 11) is 0. The lowest BCUT2D eigenvalue weighted by atomic mass is 10.3. The van der Waals surface area contributed by atoms with Crippen LogP contribution in [0.1, 0.15) is 32.6 Å². The van der Waals surface area contributed by atoms with Crippen LogP contribution in [-0.2, 0) is 4.79 Å². The van der Waals surface area contributed by atoms with Gasteiger partial charge in [0.15, 0.2) is 0 Å². The molecule has 0 aromatic heterocycles. The van der Waals surface area contributed by atoms with Crippen LogP contribution in [0.4, 0.5) is 0 Å². The Balaban J connectivity index is 1.66. The number of carbonyl (C=O) groups excluding carboxylic acids is 1. The standard InChI is InChI=1S/C11H20N2O/c1-9(8-13-6-2-3-7-13)12-11(14)10-4-5-10/h9-10H,2-8H2,1H3,(H,12,14). The van der Waals surface area contributed by atoms with Gasteiger partial charge in [-0.15, -0.1) is 0 Å². The highest BCUT2D eigenvalue weighted by atomic mass is 16.2. The first-order valence-corrected chi connectivity index (χ1v) is 5.78. The quantitative estimate of drug-likeness (QED) is 0.727. The molecular formula is C11H20N2O. The van der Waals surface area contributed by atoms with E-state index < -0.39 is 0 Å². The average Bonchev–Trinajstić information content (AvgIpc) is 2.87. The molecule has 1 saturated heterocycles. The molecule has 3 heteroatoms. The van der Waals surface area contributed by atoms with Crippen molar-refractivity contribution in [3.05, 3.63) is 0 Å². The molecule has 1 saturated carbocycles. The number of rotatable bonds is 4. The minimum Gasteiger partial charge on any atom is -0.352 e. The maximum atomic E-state index is 11.5. The van der Waals surface area contributed by atoms with Crippen LogP contribution in [0.3, 0.4) is 0 Å². The van der Waals surface area contributed by atoms with Crippen molar-refractivity contribution >= 4 is 5.91 Å². The van der Waals surface area contributed by atoms with E-state index in [4.69, 9.17) is 0 Å². The topological polar surface area (TPSA) is 32.3 Å². The van der Waals surface area contributed by atoms with Crippen molar-refractivity contribution in [1.29, 1.82) is 0 Å². The molecule has 0 spiro atoms. The number of likely N-dealkylation sites (tertiary alicyclic amines) is 1. The van der Waals surface area contributed by atoms with Crippen LogP contribution in [0, 0.1) is 5.92 Å². The van der Waals surface area contributed by atoms with Gasteiger partial charge in [-0.1, -0.05) is 0 Å². The van der Waals surface area contributed by atoms with Crippen LogP contribution in [0.25, 0.3) is 0 Å². The molecule has 1 heterocycles. The summed E-state index contributed by atoms with van der Waals surface area (Å²) in [5.41, 5.74) is 0. The second-order valence-electron chi connectivity index (χ2n) is 4.69. The monoisotopic (exact) mass is 196 g/mol. The molecule has 2 rings (SSSR count). The van der Waals surface area contributed by atoms with Gasteiger partial charge in [0.25, 0.3) is 0 Å². The smallest absolute Gasteiger partial charge is 0.223 e. The van der Waals surface area contributed by atoms with Crippen LogP contribution < -0.4 is 5.32 Å². The Bertz CT molecular complexity index is 207. The summed E-state index contributed by atoms with van der Waals surface area (Å²) in [6, 6.07) is 0.321. The fraction of sp³-hybridized carbons (Fsp3) is 0.909. The number of amides is 1. The molecule has 80 valence electrons. The fourth-order valence-electron chi connectivity index (χ4n) is 2.10. The van der Waals surface area contributed by atoms with Crippen LogP contribution in [-0.4, -0.2) is 36.5 Å². The van der Waals surface area contributed by atoms with Gasteiger partial charge in [0.1, 0.15) is 0 Å². The van der Waals surface area contributed by atoms with Crippen molar-refractivity contribution in [2.75, 3.05) is 19.6 Å². The predicted molar refractivity (Wildman–Crippen MR) is 56.0 cm³/mol. The van der Waals surface area contributed by atoms with Crippen LogP contribution >= 0.6 is 0 Å². The van der Waals surface area contributed by atoms with E-state index in [-0.39, 0.29) is 5.91 Å². The van der Waals surface area contributed by atoms with Gasteiger partial charge in [0, 0.05) is 18.5 Å². The van der Waals surface area contributed by atoms with Gasteiger partial charge in [-0.05, 0) is 45.7 Å². The van der Waals surface area contributed by atoms with Crippen molar-refractivity contribution in [3.63, 3.8) is 0 Å². The molecule has 0 aromatic carbocycles. The van der Waals surface area contributed by atoms with Gasteiger partial charge in [-0.25, -0.2) is 0 Å². The molecule has 1 aliphatic heterocycles. The van der Waals surface area contributed by atoms with Crippen LogP contribution in [0.15, 0.2) is 0 Å². The van der Waals surface area contributed by atoms with Crippen molar-refractivity contribution in [1.82, 2.24) is 10.2 Å². The third-order valence-electron chi connectivity index (χ3n) is 3.07. The van der Waals surface area contributed by atoms with Crippen molar-refractivity contribution in [2.24, 2.45) is 5.92 Å². The molecule has 3 nitrogen and oxygen atoms in total. The number of hydrogen-bond acceptors (Lipinski definition) is 2. The third kappa shape index (κ3) is 2.71. The highest BCUT2D eigenvalue weighted by Crippen LogP contribution is 2.28. The Morgan fingerprint density at radius 1 is 1.43 bits per heavy atom. The normalized spacial score (nSPS) is 24.9. The van der Waals surface area contributed by atoms with Crippen molar-refractivity contribution in [2.45, 2.75) is 38.6 Å². The maximum absolute atomic E-state index is 11.5. The van der Waals surface area contributed by atoms with E-state index in [1.54, 1.807) is 0 Å². The summed E-state index contributed by atoms with van der Waals surface area (Å²) in [6.45, 7) is 5.56. The second kappa shape index (κ2) is 4.30. The van der Waals surface area contributed by atoms with Crippen molar-refractivity contribution in [3.8, 4) is 0 Å². The highest BCUT2D eigenvalue weighted by Gasteiger charge is 2.30. The zero-order valence-electron chi connectivity index (χ0n) is 8.96. The Labute approximate surface area is 85.8 Å². The predicted octanol–water partition coefficient (Wildman–Crippen LogP) is 0.997. The number of nitrogens with one attached hydrogen (secondary N) is 1. The summed E-state index contributed by atoms with van der Waals surface area (Å²) in [4.78, 5) is 13.9. The molecule has 1 unspecified atom stereocenters. The number of carbonyl (C=O) groups is 1. The maximum Gasteiger partial charge on any atom is 0.223 e. The number of nitrogens with zero attached hydrogens (tertiary/aromatic N) is 1. The minimum atomic E-state index is 0.275. The van der Waals surface area contributed by atoms with Gasteiger partial charge < -0.3 is 10.2 Å². The molecule has 2 fully saturated rings. The van der Waals surface area contributed by atoms with E-state index in [9.17, 15) is 4.79 Å². The SMILES string of the molecule is CC(CN1CCCC1)NC(=O)C1CC1. The average molecular weight is 196 g/mol. The molecule has 1 N–H and O–H groups in total. The largest absolute Gasteiger partial charge is 0.352 e. The molecule has 1 aliphatic carbocycles. The van der Waals surface area contributed by atoms with E-state index in [0.29, 0.717) is 12.0 Å². The summed E-state index contributed by atoms with van der Waals surface area (Å²) in [6.07, 6.45) is 4.84. The molecule has 2 aliphatic rings. The van der Waals surface area contributed by atoms with Gasteiger partial charge in [0.05, 0.1) is 0 Å². The highest BCUT2D eigenvalue weighted by molar-refractivity contribution is 5.81. The lowest BCUT2D eigenvalue weighted by Gasteiger charge is -2.21. The molecule has 0 aromatic rings. The molecule has 14 heavy (non-hydrogen) atoms. The van der Waals surface area contributed by atoms with Crippen LogP contribution in [0.5, 0.6) is 0 Å². The minimum absolute atomic E-state index is 0.275. The molecule has 0 radical (unpaired) electrons. The zero-order valence-corrected chi connectivity index (χ0v) is 8.96. The van der Waals surface area contributed by atoms with Gasteiger partial charge in [-0.3, -0.25) is 4.79 Å². The van der Waals surface area contributed by atoms with Gasteiger partial charge in [-0.2, -0.15) is 0 Å². The van der Waals surface area contributed by atoms with E-state index in [2.05, 4.69) is 17.1 Å². The zero-order chi connectivity index (χ0) is 9.97. The Morgan fingerprint density at radius 2 is 2.07 bits per heavy atom. The Hall–Kier alpha value is -0.570. The molecular weight excluding hydrogens is 176 g/mol. The Kier molecular flexibility index (Phi) is 3.06. The molecule has 1 amide bonds. The summed E-state index contributed by atoms with van der Waals surface area (Å²) >= 11 is 0. The third-order valence-corrected chi connectivity index (χ3v) is 3.07. The van der Waals surface area contributed by atoms with E-state index in [1.165, 1.54) is 25.9 Å². The molecule has 1 atom stereocenters. The van der Waals surface area contributed by atoms with Gasteiger partial charge in [0.2, 0.25) is 5.91 Å². The van der Waals surface area contributed by atoms with Crippen LogP contribution in [0.2, 0.25) is 0 Å². The first-order valence-electron chi connectivity index (χ1n) is 5.78. The van der Waals surface area contributed by atoms with E-state index in [1.807, 2.05) is 0 Å². The first-order chi connectivity index (χ1) is 6.75. The summed E-state index contributed by atoms with van der Waals surface area (Å²) < 4.78 is 0.